The molecule has 0 saturated carbocycles. The van der Waals surface area contributed by atoms with Gasteiger partial charge in [-0.3, -0.25) is 4.72 Å². The molecular formula is C11H10F2N2O2S2. The van der Waals surface area contributed by atoms with Gasteiger partial charge in [0.15, 0.2) is 16.8 Å². The summed E-state index contributed by atoms with van der Waals surface area (Å²) in [7, 11) is -3.96. The fraction of sp³-hybridized carbons (Fsp3) is 0.182. The van der Waals surface area contributed by atoms with E-state index in [-0.39, 0.29) is 10.0 Å². The monoisotopic (exact) mass is 304 g/mol. The normalized spacial score (nSPS) is 11.6. The second-order valence-electron chi connectivity index (χ2n) is 3.84. The van der Waals surface area contributed by atoms with Gasteiger partial charge in [0, 0.05) is 4.88 Å². The maximum Gasteiger partial charge on any atom is 0.263 e. The predicted molar refractivity (Wildman–Crippen MR) is 68.8 cm³/mol. The Balaban J connectivity index is 2.34. The number of nitrogens with zero attached hydrogens (tertiary/aromatic N) is 1. The average molecular weight is 304 g/mol. The van der Waals surface area contributed by atoms with Crippen LogP contribution in [0.15, 0.2) is 23.1 Å². The van der Waals surface area contributed by atoms with Gasteiger partial charge in [-0.1, -0.05) is 0 Å². The molecule has 8 heteroatoms. The summed E-state index contributed by atoms with van der Waals surface area (Å²) in [6, 6.07) is 2.39. The average Bonchev–Trinajstić information content (AvgIpc) is 2.60. The first-order valence-electron chi connectivity index (χ1n) is 5.21. The Labute approximate surface area is 113 Å². The molecule has 0 atom stereocenters. The van der Waals surface area contributed by atoms with Crippen LogP contribution in [-0.2, 0) is 10.0 Å². The van der Waals surface area contributed by atoms with Crippen molar-refractivity contribution in [3.8, 4) is 0 Å². The van der Waals surface area contributed by atoms with Gasteiger partial charge in [0.2, 0.25) is 0 Å². The number of anilines is 1. The second-order valence-corrected chi connectivity index (χ2v) is 6.73. The van der Waals surface area contributed by atoms with Crippen LogP contribution >= 0.6 is 11.3 Å². The topological polar surface area (TPSA) is 59.1 Å². The molecule has 0 fully saturated rings. The first-order chi connectivity index (χ1) is 8.79. The molecule has 19 heavy (non-hydrogen) atoms. The van der Waals surface area contributed by atoms with Gasteiger partial charge in [0.1, 0.15) is 0 Å². The maximum absolute atomic E-state index is 13.0. The van der Waals surface area contributed by atoms with Gasteiger partial charge in [-0.2, -0.15) is 0 Å². The number of benzene rings is 1. The lowest BCUT2D eigenvalue weighted by molar-refractivity contribution is 0.504. The van der Waals surface area contributed by atoms with Gasteiger partial charge in [0.25, 0.3) is 10.0 Å². The van der Waals surface area contributed by atoms with Crippen LogP contribution in [0, 0.1) is 25.5 Å². The molecule has 1 heterocycles. The van der Waals surface area contributed by atoms with E-state index >= 15 is 0 Å². The highest BCUT2D eigenvalue weighted by Gasteiger charge is 2.18. The zero-order chi connectivity index (χ0) is 14.2. The van der Waals surface area contributed by atoms with Gasteiger partial charge in [0.05, 0.1) is 10.6 Å². The van der Waals surface area contributed by atoms with Crippen LogP contribution in [0.5, 0.6) is 0 Å². The standard InChI is InChI=1S/C11H10F2N2O2S2/c1-6-7(2)18-11(14-6)15-19(16,17)8-3-4-9(12)10(13)5-8/h3-5H,1-2H3,(H,14,15). The van der Waals surface area contributed by atoms with E-state index in [0.717, 1.165) is 17.0 Å². The molecule has 0 unspecified atom stereocenters. The van der Waals surface area contributed by atoms with Gasteiger partial charge in [-0.05, 0) is 32.0 Å². The first kappa shape index (κ1) is 13.9. The molecule has 0 radical (unpaired) electrons. The van der Waals surface area contributed by atoms with Gasteiger partial charge < -0.3 is 0 Å². The number of halogens is 2. The zero-order valence-corrected chi connectivity index (χ0v) is 11.7. The second kappa shape index (κ2) is 4.86. The van der Waals surface area contributed by atoms with E-state index in [4.69, 9.17) is 0 Å². The fourth-order valence-electron chi connectivity index (χ4n) is 1.33. The number of nitrogens with one attached hydrogen (secondary N) is 1. The van der Waals surface area contributed by atoms with E-state index in [1.54, 1.807) is 6.92 Å². The molecule has 4 nitrogen and oxygen atoms in total. The highest BCUT2D eigenvalue weighted by atomic mass is 32.2. The van der Waals surface area contributed by atoms with Crippen LogP contribution in [0.4, 0.5) is 13.9 Å². The highest BCUT2D eigenvalue weighted by Crippen LogP contribution is 2.24. The molecular weight excluding hydrogens is 294 g/mol. The van der Waals surface area contributed by atoms with E-state index in [0.29, 0.717) is 11.8 Å². The van der Waals surface area contributed by atoms with Crippen molar-refractivity contribution >= 4 is 26.5 Å². The predicted octanol–water partition coefficient (Wildman–Crippen LogP) is 2.84. The molecule has 0 spiro atoms. The lowest BCUT2D eigenvalue weighted by Crippen LogP contribution is -2.13. The van der Waals surface area contributed by atoms with E-state index in [1.165, 1.54) is 11.3 Å². The summed E-state index contributed by atoms with van der Waals surface area (Å²) >= 11 is 1.17. The molecule has 1 aromatic heterocycles. The number of aryl methyl sites for hydroxylation is 2. The van der Waals surface area contributed by atoms with Crippen molar-refractivity contribution in [3.63, 3.8) is 0 Å². The minimum atomic E-state index is -3.96. The third-order valence-corrected chi connectivity index (χ3v) is 4.91. The number of hydrogen-bond donors (Lipinski definition) is 1. The highest BCUT2D eigenvalue weighted by molar-refractivity contribution is 7.93. The van der Waals surface area contributed by atoms with Crippen molar-refractivity contribution in [1.82, 2.24) is 4.98 Å². The Bertz CT molecular complexity index is 707. The smallest absolute Gasteiger partial charge is 0.255 e. The van der Waals surface area contributed by atoms with E-state index in [2.05, 4.69) is 9.71 Å². The Morgan fingerprint density at radius 2 is 1.89 bits per heavy atom. The maximum atomic E-state index is 13.0. The third kappa shape index (κ3) is 2.90. The first-order valence-corrected chi connectivity index (χ1v) is 7.51. The number of hydrogen-bond acceptors (Lipinski definition) is 4. The van der Waals surface area contributed by atoms with Crippen molar-refractivity contribution in [3.05, 3.63) is 40.4 Å². The summed E-state index contributed by atoms with van der Waals surface area (Å²) in [5.41, 5.74) is 0.716. The Morgan fingerprint density at radius 3 is 2.42 bits per heavy atom. The molecule has 1 aromatic carbocycles. The largest absolute Gasteiger partial charge is 0.263 e. The Hall–Kier alpha value is -1.54. The summed E-state index contributed by atoms with van der Waals surface area (Å²) in [6.07, 6.45) is 0. The molecule has 0 aliphatic heterocycles. The van der Waals surface area contributed by atoms with Gasteiger partial charge in [-0.25, -0.2) is 22.2 Å². The molecule has 102 valence electrons. The van der Waals surface area contributed by atoms with Crippen molar-refractivity contribution in [2.75, 3.05) is 4.72 Å². The molecule has 0 amide bonds. The van der Waals surface area contributed by atoms with Gasteiger partial charge >= 0.3 is 0 Å². The number of aromatic nitrogens is 1. The Kier molecular flexibility index (Phi) is 3.55. The van der Waals surface area contributed by atoms with Crippen LogP contribution in [0.3, 0.4) is 0 Å². The molecule has 2 rings (SSSR count). The Morgan fingerprint density at radius 1 is 1.21 bits per heavy atom. The lowest BCUT2D eigenvalue weighted by atomic mass is 10.3. The van der Waals surface area contributed by atoms with Crippen LogP contribution < -0.4 is 4.72 Å². The van der Waals surface area contributed by atoms with Crippen molar-refractivity contribution < 1.29 is 17.2 Å². The summed E-state index contributed by atoms with van der Waals surface area (Å²) in [5.74, 6) is -2.31. The van der Waals surface area contributed by atoms with Crippen LogP contribution in [0.25, 0.3) is 0 Å². The number of thiazole rings is 1. The van der Waals surface area contributed by atoms with Crippen LogP contribution in [-0.4, -0.2) is 13.4 Å². The van der Waals surface area contributed by atoms with Gasteiger partial charge in [-0.15, -0.1) is 11.3 Å². The minimum Gasteiger partial charge on any atom is -0.255 e. The van der Waals surface area contributed by atoms with Crippen molar-refractivity contribution in [2.24, 2.45) is 0 Å². The minimum absolute atomic E-state index is 0.194. The molecule has 1 N–H and O–H groups in total. The molecule has 0 bridgehead atoms. The summed E-state index contributed by atoms with van der Waals surface area (Å²) in [5, 5.41) is 0.194. The number of sulfonamides is 1. The molecule has 2 aromatic rings. The fourth-order valence-corrected chi connectivity index (χ4v) is 3.40. The quantitative estimate of drug-likeness (QED) is 0.948. The number of rotatable bonds is 3. The molecule has 0 saturated heterocycles. The van der Waals surface area contributed by atoms with E-state index in [1.807, 2.05) is 6.92 Å². The molecule has 0 aliphatic rings. The van der Waals surface area contributed by atoms with E-state index < -0.39 is 21.7 Å². The zero-order valence-electron chi connectivity index (χ0n) is 10.1. The van der Waals surface area contributed by atoms with E-state index in [9.17, 15) is 17.2 Å². The van der Waals surface area contributed by atoms with Crippen molar-refractivity contribution in [2.45, 2.75) is 18.7 Å². The summed E-state index contributed by atoms with van der Waals surface area (Å²) in [6.45, 7) is 3.56. The third-order valence-electron chi connectivity index (χ3n) is 2.45. The summed E-state index contributed by atoms with van der Waals surface area (Å²) in [4.78, 5) is 4.55. The van der Waals surface area contributed by atoms with Crippen LogP contribution in [0.2, 0.25) is 0 Å². The van der Waals surface area contributed by atoms with Crippen LogP contribution in [0.1, 0.15) is 10.6 Å². The summed E-state index contributed by atoms with van der Waals surface area (Å²) < 4.78 is 51.9. The lowest BCUT2D eigenvalue weighted by Gasteiger charge is -2.05. The molecule has 0 aliphatic carbocycles. The SMILES string of the molecule is Cc1nc(NS(=O)(=O)c2ccc(F)c(F)c2)sc1C. The van der Waals surface area contributed by atoms with Crippen molar-refractivity contribution in [1.29, 1.82) is 0 Å².